The molecular formula is C16H25BFNO2. The largest absolute Gasteiger partial charge is 0.487 e. The van der Waals surface area contributed by atoms with Crippen LogP contribution in [0.15, 0.2) is 24.3 Å². The first kappa shape index (κ1) is 16.3. The highest BCUT2D eigenvalue weighted by molar-refractivity contribution is 6.66. The molecule has 1 aliphatic heterocycles. The lowest BCUT2D eigenvalue weighted by molar-refractivity contribution is 0.0313. The Morgan fingerprint density at radius 3 is 2.52 bits per heavy atom. The zero-order valence-corrected chi connectivity index (χ0v) is 13.4. The van der Waals surface area contributed by atoms with E-state index < -0.39 is 6.17 Å². The lowest BCUT2D eigenvalue weighted by atomic mass is 9.63. The van der Waals surface area contributed by atoms with E-state index in [0.29, 0.717) is 6.54 Å². The summed E-state index contributed by atoms with van der Waals surface area (Å²) >= 11 is 0. The van der Waals surface area contributed by atoms with E-state index in [0.717, 1.165) is 24.2 Å². The van der Waals surface area contributed by atoms with Crippen molar-refractivity contribution < 1.29 is 13.8 Å². The third-order valence-corrected chi connectivity index (χ3v) is 3.80. The van der Waals surface area contributed by atoms with Gasteiger partial charge in [-0.05, 0) is 44.9 Å². The minimum Gasteiger partial charge on any atom is -0.487 e. The smallest absolute Gasteiger partial charge is 0.323 e. The van der Waals surface area contributed by atoms with Gasteiger partial charge in [-0.25, -0.2) is 4.39 Å². The Bertz CT molecular complexity index is 440. The van der Waals surface area contributed by atoms with Crippen LogP contribution in [0.4, 0.5) is 4.39 Å². The van der Waals surface area contributed by atoms with Crippen LogP contribution in [0.25, 0.3) is 0 Å². The summed E-state index contributed by atoms with van der Waals surface area (Å²) in [5.41, 5.74) is 1.11. The molecule has 0 saturated carbocycles. The van der Waals surface area contributed by atoms with Crippen LogP contribution < -0.4 is 10.2 Å². The molecule has 0 aromatic heterocycles. The molecule has 0 spiro atoms. The molecular weight excluding hydrogens is 268 g/mol. The third kappa shape index (κ3) is 4.72. The molecule has 0 aliphatic carbocycles. The second-order valence-corrected chi connectivity index (χ2v) is 6.12. The highest BCUT2D eigenvalue weighted by Crippen LogP contribution is 2.20. The Balaban J connectivity index is 1.93. The van der Waals surface area contributed by atoms with Gasteiger partial charge in [0.2, 0.25) is 0 Å². The number of halogens is 1. The van der Waals surface area contributed by atoms with E-state index in [1.54, 1.807) is 0 Å². The maximum Gasteiger partial charge on any atom is 0.323 e. The van der Waals surface area contributed by atoms with Gasteiger partial charge in [0, 0.05) is 19.2 Å². The van der Waals surface area contributed by atoms with E-state index in [4.69, 9.17) is 9.39 Å². The molecule has 1 aromatic carbocycles. The lowest BCUT2D eigenvalue weighted by Crippen LogP contribution is -2.45. The van der Waals surface area contributed by atoms with Crippen molar-refractivity contribution in [2.45, 2.75) is 45.5 Å². The Kier molecular flexibility index (Phi) is 5.65. The lowest BCUT2D eigenvalue weighted by Gasteiger charge is -2.32. The second-order valence-electron chi connectivity index (χ2n) is 6.12. The van der Waals surface area contributed by atoms with Gasteiger partial charge >= 0.3 is 6.92 Å². The maximum atomic E-state index is 13.9. The molecule has 0 unspecified atom stereocenters. The van der Waals surface area contributed by atoms with Crippen LogP contribution in [0.1, 0.15) is 20.3 Å². The van der Waals surface area contributed by atoms with Gasteiger partial charge in [0.25, 0.3) is 0 Å². The first-order valence-corrected chi connectivity index (χ1v) is 7.70. The molecule has 1 saturated heterocycles. The Morgan fingerprint density at radius 2 is 1.95 bits per heavy atom. The number of nitrogens with zero attached hydrogens (tertiary/aromatic N) is 1. The Morgan fingerprint density at radius 1 is 1.29 bits per heavy atom. The molecule has 1 fully saturated rings. The summed E-state index contributed by atoms with van der Waals surface area (Å²) in [7, 11) is 1.94. The predicted octanol–water partition coefficient (Wildman–Crippen LogP) is 2.36. The van der Waals surface area contributed by atoms with Gasteiger partial charge in [-0.2, -0.15) is 0 Å². The number of alkyl halides is 1. The average molecular weight is 293 g/mol. The number of ether oxygens (including phenoxy) is 1. The third-order valence-electron chi connectivity index (χ3n) is 3.80. The topological polar surface area (TPSA) is 21.7 Å². The number of rotatable bonds is 5. The van der Waals surface area contributed by atoms with Crippen LogP contribution >= 0.6 is 0 Å². The summed E-state index contributed by atoms with van der Waals surface area (Å²) in [6.45, 7) is 7.45. The van der Waals surface area contributed by atoms with Gasteiger partial charge in [0.15, 0.2) is 0 Å². The van der Waals surface area contributed by atoms with Crippen molar-refractivity contribution >= 4 is 12.4 Å². The van der Waals surface area contributed by atoms with Crippen LogP contribution in [0, 0.1) is 0 Å². The normalized spacial score (nSPS) is 23.3. The summed E-state index contributed by atoms with van der Waals surface area (Å²) in [5, 5.41) is 0. The van der Waals surface area contributed by atoms with Gasteiger partial charge in [0.1, 0.15) is 18.0 Å². The minimum absolute atomic E-state index is 0.0521. The summed E-state index contributed by atoms with van der Waals surface area (Å²) < 4.78 is 25.5. The van der Waals surface area contributed by atoms with Crippen LogP contribution in [0.2, 0.25) is 6.82 Å². The average Bonchev–Trinajstić information content (AvgIpc) is 2.42. The van der Waals surface area contributed by atoms with Crippen LogP contribution in [-0.4, -0.2) is 50.3 Å². The standard InChI is InChI=1S/C16H25BFNO2/c1-12(2)21-17(3)13-5-7-14(8-6-13)20-16-9-10-19(4)11-15(16)18/h5-8,12,15-16H,9-11H2,1-4H3/t15-,16+/m1/s1. The van der Waals surface area contributed by atoms with Crippen molar-refractivity contribution in [3.63, 3.8) is 0 Å². The zero-order valence-electron chi connectivity index (χ0n) is 13.4. The van der Waals surface area contributed by atoms with Crippen molar-refractivity contribution in [3.05, 3.63) is 24.3 Å². The molecule has 1 aliphatic rings. The molecule has 116 valence electrons. The summed E-state index contributed by atoms with van der Waals surface area (Å²) in [4.78, 5) is 2.00. The van der Waals surface area contributed by atoms with Crippen LogP contribution in [-0.2, 0) is 4.65 Å². The highest BCUT2D eigenvalue weighted by Gasteiger charge is 2.29. The Labute approximate surface area is 127 Å². The number of benzene rings is 1. The van der Waals surface area contributed by atoms with Crippen molar-refractivity contribution in [2.75, 3.05) is 20.1 Å². The number of hydrogen-bond acceptors (Lipinski definition) is 3. The summed E-state index contributed by atoms with van der Waals surface area (Å²) in [6.07, 6.45) is -0.336. The summed E-state index contributed by atoms with van der Waals surface area (Å²) in [5.74, 6) is 0.729. The molecule has 3 nitrogen and oxygen atoms in total. The van der Waals surface area contributed by atoms with Crippen LogP contribution in [0.5, 0.6) is 5.75 Å². The molecule has 0 radical (unpaired) electrons. The second kappa shape index (κ2) is 7.27. The minimum atomic E-state index is -0.924. The van der Waals surface area contributed by atoms with Gasteiger partial charge in [0.05, 0.1) is 0 Å². The molecule has 1 aromatic rings. The molecule has 1 heterocycles. The zero-order chi connectivity index (χ0) is 15.4. The monoisotopic (exact) mass is 293 g/mol. The van der Waals surface area contributed by atoms with Crippen LogP contribution in [0.3, 0.4) is 0 Å². The first-order chi connectivity index (χ1) is 9.95. The maximum absolute atomic E-state index is 13.9. The highest BCUT2D eigenvalue weighted by atomic mass is 19.1. The van der Waals surface area contributed by atoms with E-state index in [-0.39, 0.29) is 19.1 Å². The molecule has 2 rings (SSSR count). The van der Waals surface area contributed by atoms with E-state index in [1.165, 1.54) is 0 Å². The van der Waals surface area contributed by atoms with Gasteiger partial charge in [-0.15, -0.1) is 0 Å². The number of likely N-dealkylation sites (tertiary alicyclic amines) is 1. The molecule has 5 heteroatoms. The van der Waals surface area contributed by atoms with Crippen molar-refractivity contribution in [2.24, 2.45) is 0 Å². The van der Waals surface area contributed by atoms with E-state index >= 15 is 0 Å². The first-order valence-electron chi connectivity index (χ1n) is 7.70. The molecule has 0 amide bonds. The van der Waals surface area contributed by atoms with Gasteiger partial charge in [-0.1, -0.05) is 19.0 Å². The van der Waals surface area contributed by atoms with Crippen molar-refractivity contribution in [3.8, 4) is 5.75 Å². The van der Waals surface area contributed by atoms with E-state index in [2.05, 4.69) is 0 Å². The quantitative estimate of drug-likeness (QED) is 0.778. The van der Waals surface area contributed by atoms with E-state index in [1.807, 2.05) is 56.9 Å². The molecule has 2 atom stereocenters. The molecule has 0 bridgehead atoms. The van der Waals surface area contributed by atoms with E-state index in [9.17, 15) is 4.39 Å². The fraction of sp³-hybridized carbons (Fsp3) is 0.625. The SMILES string of the molecule is CB(OC(C)C)c1ccc(O[C@H]2CCN(C)C[C@H]2F)cc1. The fourth-order valence-corrected chi connectivity index (χ4v) is 2.65. The van der Waals surface area contributed by atoms with Gasteiger partial charge in [-0.3, -0.25) is 0 Å². The van der Waals surface area contributed by atoms with Gasteiger partial charge < -0.3 is 14.3 Å². The van der Waals surface area contributed by atoms with Crippen molar-refractivity contribution in [1.82, 2.24) is 4.90 Å². The summed E-state index contributed by atoms with van der Waals surface area (Å²) in [6, 6.07) is 7.79. The molecule has 0 N–H and O–H groups in total. The predicted molar refractivity (Wildman–Crippen MR) is 85.3 cm³/mol. The number of hydrogen-bond donors (Lipinski definition) is 0. The Hall–Kier alpha value is -1.07. The number of piperidine rings is 1. The molecule has 21 heavy (non-hydrogen) atoms. The van der Waals surface area contributed by atoms with Crippen molar-refractivity contribution in [1.29, 1.82) is 0 Å². The fourth-order valence-electron chi connectivity index (χ4n) is 2.65.